The molecule has 5 nitrogen and oxygen atoms in total. The van der Waals surface area contributed by atoms with Crippen LogP contribution in [0.4, 0.5) is 0 Å². The maximum absolute atomic E-state index is 11.9. The summed E-state index contributed by atoms with van der Waals surface area (Å²) in [5.74, 6) is -0.828. The number of nitrogens with zero attached hydrogens (tertiary/aromatic N) is 1. The molecule has 1 aromatic heterocycles. The highest BCUT2D eigenvalue weighted by Crippen LogP contribution is 2.24. The third kappa shape index (κ3) is 3.71. The van der Waals surface area contributed by atoms with Crippen LogP contribution in [0.3, 0.4) is 0 Å². The molecule has 1 amide bonds. The molecule has 1 aliphatic rings. The fourth-order valence-electron chi connectivity index (χ4n) is 1.90. The first-order chi connectivity index (χ1) is 10.6. The lowest BCUT2D eigenvalue weighted by molar-refractivity contribution is -0.124. The minimum absolute atomic E-state index is 0.236. The van der Waals surface area contributed by atoms with Crippen LogP contribution in [-0.2, 0) is 9.53 Å². The van der Waals surface area contributed by atoms with Crippen molar-refractivity contribution in [2.45, 2.75) is 25.8 Å². The Hall–Kier alpha value is -2.21. The molecule has 1 aromatic carbocycles. The molecule has 6 heteroatoms. The molecule has 2 aromatic rings. The molecule has 1 saturated carbocycles. The molecule has 0 radical (unpaired) electrons. The molecular formula is C16H16N2O3S. The van der Waals surface area contributed by atoms with Crippen molar-refractivity contribution in [3.8, 4) is 10.6 Å². The van der Waals surface area contributed by atoms with Crippen LogP contribution in [0.15, 0.2) is 29.6 Å². The van der Waals surface area contributed by atoms with E-state index in [2.05, 4.69) is 10.3 Å². The van der Waals surface area contributed by atoms with Gasteiger partial charge in [-0.1, -0.05) is 29.8 Å². The van der Waals surface area contributed by atoms with Crippen LogP contribution >= 0.6 is 11.3 Å². The first-order valence-electron chi connectivity index (χ1n) is 7.11. The second kappa shape index (κ2) is 6.27. The molecule has 3 rings (SSSR count). The van der Waals surface area contributed by atoms with E-state index in [1.165, 1.54) is 16.9 Å². The van der Waals surface area contributed by atoms with Gasteiger partial charge in [-0.05, 0) is 19.8 Å². The smallest absolute Gasteiger partial charge is 0.358 e. The van der Waals surface area contributed by atoms with E-state index >= 15 is 0 Å². The number of amides is 1. The van der Waals surface area contributed by atoms with Gasteiger partial charge in [0, 0.05) is 17.0 Å². The summed E-state index contributed by atoms with van der Waals surface area (Å²) >= 11 is 1.38. The number of aromatic nitrogens is 1. The molecule has 114 valence electrons. The minimum atomic E-state index is -0.569. The van der Waals surface area contributed by atoms with E-state index in [9.17, 15) is 9.59 Å². The van der Waals surface area contributed by atoms with Gasteiger partial charge in [-0.2, -0.15) is 0 Å². The van der Waals surface area contributed by atoms with Crippen LogP contribution in [0.5, 0.6) is 0 Å². The van der Waals surface area contributed by atoms with Gasteiger partial charge in [-0.15, -0.1) is 11.3 Å². The highest BCUT2D eigenvalue weighted by molar-refractivity contribution is 7.13. The van der Waals surface area contributed by atoms with Gasteiger partial charge in [0.05, 0.1) is 0 Å². The topological polar surface area (TPSA) is 68.3 Å². The zero-order valence-electron chi connectivity index (χ0n) is 12.2. The Kier molecular flexibility index (Phi) is 4.20. The lowest BCUT2D eigenvalue weighted by Gasteiger charge is -2.03. The maximum atomic E-state index is 11.9. The highest BCUT2D eigenvalue weighted by atomic mass is 32.1. The number of ether oxygens (including phenoxy) is 1. The SMILES string of the molecule is Cc1ccc(-c2nc(C(=O)OCC(=O)NC3CC3)cs2)cc1. The predicted molar refractivity (Wildman–Crippen MR) is 83.7 cm³/mol. The number of esters is 1. The third-order valence-corrected chi connectivity index (χ3v) is 4.18. The summed E-state index contributed by atoms with van der Waals surface area (Å²) in [6.45, 7) is 1.76. The Morgan fingerprint density at radius 2 is 2.05 bits per heavy atom. The average Bonchev–Trinajstić information content (AvgIpc) is 3.18. The number of rotatable bonds is 5. The Bertz CT molecular complexity index is 690. The average molecular weight is 316 g/mol. The van der Waals surface area contributed by atoms with E-state index in [0.29, 0.717) is 0 Å². The van der Waals surface area contributed by atoms with Gasteiger partial charge in [0.1, 0.15) is 5.01 Å². The number of carbonyl (C=O) groups excluding carboxylic acids is 2. The number of nitrogens with one attached hydrogen (secondary N) is 1. The first kappa shape index (κ1) is 14.7. The van der Waals surface area contributed by atoms with Crippen LogP contribution in [0, 0.1) is 6.92 Å². The number of benzene rings is 1. The largest absolute Gasteiger partial charge is 0.451 e. The number of hydrogen-bond donors (Lipinski definition) is 1. The summed E-state index contributed by atoms with van der Waals surface area (Å²) in [6, 6.07) is 8.19. The molecule has 1 fully saturated rings. The zero-order valence-corrected chi connectivity index (χ0v) is 13.0. The maximum Gasteiger partial charge on any atom is 0.358 e. The lowest BCUT2D eigenvalue weighted by atomic mass is 10.2. The van der Waals surface area contributed by atoms with Gasteiger partial charge in [0.15, 0.2) is 12.3 Å². The fraction of sp³-hybridized carbons (Fsp3) is 0.312. The molecule has 0 spiro atoms. The molecule has 0 aliphatic heterocycles. The van der Waals surface area contributed by atoms with E-state index in [0.717, 1.165) is 23.4 Å². The van der Waals surface area contributed by atoms with Crippen LogP contribution < -0.4 is 5.32 Å². The highest BCUT2D eigenvalue weighted by Gasteiger charge is 2.24. The van der Waals surface area contributed by atoms with Crippen molar-refractivity contribution in [1.29, 1.82) is 0 Å². The molecule has 1 N–H and O–H groups in total. The Labute approximate surface area is 132 Å². The van der Waals surface area contributed by atoms with E-state index in [4.69, 9.17) is 4.74 Å². The van der Waals surface area contributed by atoms with Crippen molar-refractivity contribution in [3.63, 3.8) is 0 Å². The predicted octanol–water partition coefficient (Wildman–Crippen LogP) is 2.55. The van der Waals surface area contributed by atoms with E-state index < -0.39 is 5.97 Å². The van der Waals surface area contributed by atoms with Crippen LogP contribution in [0.2, 0.25) is 0 Å². The molecule has 1 heterocycles. The second-order valence-corrected chi connectivity index (χ2v) is 6.18. The quantitative estimate of drug-likeness (QED) is 0.861. The minimum Gasteiger partial charge on any atom is -0.451 e. The summed E-state index contributed by atoms with van der Waals surface area (Å²) in [5.41, 5.74) is 2.36. The molecular weight excluding hydrogens is 300 g/mol. The van der Waals surface area contributed by atoms with Gasteiger partial charge in [0.25, 0.3) is 5.91 Å². The number of aryl methyl sites for hydroxylation is 1. The summed E-state index contributed by atoms with van der Waals surface area (Å²) < 4.78 is 4.98. The number of hydrogen-bond acceptors (Lipinski definition) is 5. The third-order valence-electron chi connectivity index (χ3n) is 3.29. The molecule has 0 atom stereocenters. The van der Waals surface area contributed by atoms with Crippen molar-refractivity contribution >= 4 is 23.2 Å². The van der Waals surface area contributed by atoms with E-state index in [1.807, 2.05) is 31.2 Å². The molecule has 0 saturated heterocycles. The van der Waals surface area contributed by atoms with Crippen molar-refractivity contribution in [2.75, 3.05) is 6.61 Å². The Morgan fingerprint density at radius 3 is 2.73 bits per heavy atom. The fourth-order valence-corrected chi connectivity index (χ4v) is 2.69. The van der Waals surface area contributed by atoms with Gasteiger partial charge < -0.3 is 10.1 Å². The van der Waals surface area contributed by atoms with Crippen molar-refractivity contribution in [2.24, 2.45) is 0 Å². The lowest BCUT2D eigenvalue weighted by Crippen LogP contribution is -2.30. The normalized spacial score (nSPS) is 13.7. The monoisotopic (exact) mass is 316 g/mol. The number of thiazole rings is 1. The van der Waals surface area contributed by atoms with E-state index in [-0.39, 0.29) is 24.2 Å². The van der Waals surface area contributed by atoms with Crippen LogP contribution in [0.25, 0.3) is 10.6 Å². The van der Waals surface area contributed by atoms with Gasteiger partial charge in [-0.3, -0.25) is 4.79 Å². The summed E-state index contributed by atoms with van der Waals surface area (Å²) in [7, 11) is 0. The van der Waals surface area contributed by atoms with Crippen molar-refractivity contribution in [1.82, 2.24) is 10.3 Å². The molecule has 0 bridgehead atoms. The standard InChI is InChI=1S/C16H16N2O3S/c1-10-2-4-11(5-3-10)15-18-13(9-22-15)16(20)21-8-14(19)17-12-6-7-12/h2-5,9,12H,6-8H2,1H3,(H,17,19). The second-order valence-electron chi connectivity index (χ2n) is 5.32. The zero-order chi connectivity index (χ0) is 15.5. The first-order valence-corrected chi connectivity index (χ1v) is 7.99. The number of carbonyl (C=O) groups is 2. The van der Waals surface area contributed by atoms with Crippen LogP contribution in [0.1, 0.15) is 28.9 Å². The molecule has 0 unspecified atom stereocenters. The Balaban J connectivity index is 1.58. The molecule has 22 heavy (non-hydrogen) atoms. The summed E-state index contributed by atoms with van der Waals surface area (Å²) in [4.78, 5) is 27.6. The molecule has 1 aliphatic carbocycles. The van der Waals surface area contributed by atoms with Crippen molar-refractivity contribution in [3.05, 3.63) is 40.9 Å². The Morgan fingerprint density at radius 1 is 1.32 bits per heavy atom. The summed E-state index contributed by atoms with van der Waals surface area (Å²) in [6.07, 6.45) is 2.01. The summed E-state index contributed by atoms with van der Waals surface area (Å²) in [5, 5.41) is 5.17. The van der Waals surface area contributed by atoms with Gasteiger partial charge in [0.2, 0.25) is 0 Å². The van der Waals surface area contributed by atoms with Gasteiger partial charge >= 0.3 is 5.97 Å². The van der Waals surface area contributed by atoms with E-state index in [1.54, 1.807) is 5.38 Å². The van der Waals surface area contributed by atoms with Crippen LogP contribution in [-0.4, -0.2) is 29.5 Å². The van der Waals surface area contributed by atoms with Crippen molar-refractivity contribution < 1.29 is 14.3 Å². The van der Waals surface area contributed by atoms with Gasteiger partial charge in [-0.25, -0.2) is 9.78 Å².